The summed E-state index contributed by atoms with van der Waals surface area (Å²) >= 11 is 0. The van der Waals surface area contributed by atoms with E-state index in [1.807, 2.05) is 0 Å². The summed E-state index contributed by atoms with van der Waals surface area (Å²) in [6, 6.07) is 2.03. The number of carbonyl (C=O) groups excluding carboxylic acids is 1. The average Bonchev–Trinajstić information content (AvgIpc) is 2.10. The summed E-state index contributed by atoms with van der Waals surface area (Å²) in [5.41, 5.74) is 0.361. The Bertz CT molecular complexity index is 300. The number of hydrogen-bond donors (Lipinski definition) is 1. The number of phenols is 1. The van der Waals surface area contributed by atoms with Crippen LogP contribution in [-0.2, 0) is 11.2 Å². The van der Waals surface area contributed by atoms with Crippen LogP contribution in [-0.4, -0.2) is 11.4 Å². The van der Waals surface area contributed by atoms with E-state index in [0.717, 1.165) is 12.1 Å². The van der Waals surface area contributed by atoms with Crippen molar-refractivity contribution >= 4 is 6.29 Å². The van der Waals surface area contributed by atoms with E-state index in [1.54, 1.807) is 0 Å². The van der Waals surface area contributed by atoms with Crippen LogP contribution in [0.2, 0.25) is 0 Å². The first-order chi connectivity index (χ1) is 6.15. The van der Waals surface area contributed by atoms with Gasteiger partial charge in [0.05, 0.1) is 0 Å². The van der Waals surface area contributed by atoms with Crippen molar-refractivity contribution in [2.45, 2.75) is 12.8 Å². The Morgan fingerprint density at radius 2 is 1.85 bits per heavy atom. The summed E-state index contributed by atoms with van der Waals surface area (Å²) in [7, 11) is 0. The number of carbonyl (C=O) groups is 1. The Morgan fingerprint density at radius 1 is 1.31 bits per heavy atom. The topological polar surface area (TPSA) is 37.3 Å². The van der Waals surface area contributed by atoms with Gasteiger partial charge in [-0.05, 0) is 24.1 Å². The van der Waals surface area contributed by atoms with Gasteiger partial charge in [-0.15, -0.1) is 0 Å². The van der Waals surface area contributed by atoms with Crippen molar-refractivity contribution in [1.29, 1.82) is 0 Å². The molecule has 0 fully saturated rings. The molecule has 0 atom stereocenters. The summed E-state index contributed by atoms with van der Waals surface area (Å²) in [5, 5.41) is 8.74. The molecule has 0 heterocycles. The molecule has 0 radical (unpaired) electrons. The molecule has 13 heavy (non-hydrogen) atoms. The zero-order valence-corrected chi connectivity index (χ0v) is 6.76. The fourth-order valence-corrected chi connectivity index (χ4v) is 0.988. The lowest BCUT2D eigenvalue weighted by molar-refractivity contribution is -0.107. The molecule has 0 saturated carbocycles. The Balaban J connectivity index is 2.92. The molecule has 0 aliphatic rings. The highest BCUT2D eigenvalue weighted by molar-refractivity contribution is 5.50. The van der Waals surface area contributed by atoms with E-state index >= 15 is 0 Å². The van der Waals surface area contributed by atoms with Gasteiger partial charge in [-0.25, -0.2) is 8.78 Å². The molecule has 0 aliphatic heterocycles. The van der Waals surface area contributed by atoms with Gasteiger partial charge < -0.3 is 9.90 Å². The summed E-state index contributed by atoms with van der Waals surface area (Å²) in [6.07, 6.45) is 1.16. The maximum atomic E-state index is 12.7. The van der Waals surface area contributed by atoms with E-state index in [4.69, 9.17) is 5.11 Å². The molecule has 0 aliphatic carbocycles. The predicted octanol–water partition coefficient (Wildman–Crippen LogP) is 1.80. The van der Waals surface area contributed by atoms with Gasteiger partial charge in [0.2, 0.25) is 0 Å². The summed E-state index contributed by atoms with van der Waals surface area (Å²) in [6.45, 7) is 0. The Morgan fingerprint density at radius 3 is 2.31 bits per heavy atom. The normalized spacial score (nSPS) is 10.0. The highest BCUT2D eigenvalue weighted by Gasteiger charge is 2.08. The fourth-order valence-electron chi connectivity index (χ4n) is 0.988. The van der Waals surface area contributed by atoms with E-state index in [-0.39, 0.29) is 12.8 Å². The standard InChI is InChI=1S/C9H8F2O2/c10-7-4-6(2-1-3-12)5-8(11)9(7)13/h3-5,13H,1-2H2. The molecule has 0 amide bonds. The van der Waals surface area contributed by atoms with Gasteiger partial charge in [0.15, 0.2) is 17.4 Å². The van der Waals surface area contributed by atoms with Crippen molar-refractivity contribution in [3.8, 4) is 5.75 Å². The summed E-state index contributed by atoms with van der Waals surface area (Å²) < 4.78 is 25.4. The average molecular weight is 186 g/mol. The number of aryl methyl sites for hydroxylation is 1. The first kappa shape index (κ1) is 9.64. The zero-order chi connectivity index (χ0) is 9.84. The Labute approximate surface area is 73.8 Å². The molecular formula is C9H8F2O2. The molecule has 1 N–H and O–H groups in total. The zero-order valence-electron chi connectivity index (χ0n) is 6.76. The highest BCUT2D eigenvalue weighted by atomic mass is 19.1. The van der Waals surface area contributed by atoms with Gasteiger partial charge in [-0.2, -0.15) is 0 Å². The van der Waals surface area contributed by atoms with Crippen molar-refractivity contribution in [1.82, 2.24) is 0 Å². The minimum absolute atomic E-state index is 0.212. The van der Waals surface area contributed by atoms with Gasteiger partial charge in [-0.3, -0.25) is 0 Å². The van der Waals surface area contributed by atoms with Gasteiger partial charge in [-0.1, -0.05) is 0 Å². The van der Waals surface area contributed by atoms with E-state index in [2.05, 4.69) is 0 Å². The number of benzene rings is 1. The van der Waals surface area contributed by atoms with Crippen LogP contribution in [0.4, 0.5) is 8.78 Å². The number of rotatable bonds is 3. The lowest BCUT2D eigenvalue weighted by Crippen LogP contribution is -1.91. The number of aromatic hydroxyl groups is 1. The second-order valence-electron chi connectivity index (χ2n) is 2.61. The van der Waals surface area contributed by atoms with Gasteiger partial charge in [0.1, 0.15) is 6.29 Å². The molecule has 0 bridgehead atoms. The molecule has 1 aromatic rings. The number of hydrogen-bond acceptors (Lipinski definition) is 2. The first-order valence-corrected chi connectivity index (χ1v) is 3.75. The molecule has 0 spiro atoms. The Hall–Kier alpha value is -1.45. The quantitative estimate of drug-likeness (QED) is 0.731. The van der Waals surface area contributed by atoms with Crippen LogP contribution in [0.1, 0.15) is 12.0 Å². The van der Waals surface area contributed by atoms with Crippen LogP contribution in [0.15, 0.2) is 12.1 Å². The molecule has 0 saturated heterocycles. The molecular weight excluding hydrogens is 178 g/mol. The summed E-state index contributed by atoms with van der Waals surface area (Å²) in [5.74, 6) is -2.98. The lowest BCUT2D eigenvalue weighted by atomic mass is 10.1. The number of halogens is 2. The van der Waals surface area contributed by atoms with E-state index < -0.39 is 17.4 Å². The molecule has 1 rings (SSSR count). The number of phenolic OH excluding ortho intramolecular Hbond substituents is 1. The van der Waals surface area contributed by atoms with Crippen LogP contribution in [0.3, 0.4) is 0 Å². The third-order valence-corrected chi connectivity index (χ3v) is 1.63. The van der Waals surface area contributed by atoms with Crippen LogP contribution >= 0.6 is 0 Å². The first-order valence-electron chi connectivity index (χ1n) is 3.75. The van der Waals surface area contributed by atoms with Gasteiger partial charge in [0, 0.05) is 6.42 Å². The van der Waals surface area contributed by atoms with Crippen LogP contribution in [0.25, 0.3) is 0 Å². The molecule has 70 valence electrons. The molecule has 4 heteroatoms. The van der Waals surface area contributed by atoms with Crippen molar-refractivity contribution in [3.63, 3.8) is 0 Å². The molecule has 0 unspecified atom stereocenters. The molecule has 2 nitrogen and oxygen atoms in total. The largest absolute Gasteiger partial charge is 0.503 e. The van der Waals surface area contributed by atoms with Crippen molar-refractivity contribution in [3.05, 3.63) is 29.3 Å². The molecule has 1 aromatic carbocycles. The van der Waals surface area contributed by atoms with Gasteiger partial charge >= 0.3 is 0 Å². The second-order valence-corrected chi connectivity index (χ2v) is 2.61. The third kappa shape index (κ3) is 2.24. The number of aldehydes is 1. The summed E-state index contributed by atoms with van der Waals surface area (Å²) in [4.78, 5) is 9.98. The minimum Gasteiger partial charge on any atom is -0.503 e. The van der Waals surface area contributed by atoms with Crippen LogP contribution in [0, 0.1) is 11.6 Å². The Kier molecular flexibility index (Phi) is 2.95. The van der Waals surface area contributed by atoms with E-state index in [9.17, 15) is 13.6 Å². The predicted molar refractivity (Wildman–Crippen MR) is 42.4 cm³/mol. The van der Waals surface area contributed by atoms with Gasteiger partial charge in [0.25, 0.3) is 0 Å². The van der Waals surface area contributed by atoms with Crippen LogP contribution < -0.4 is 0 Å². The lowest BCUT2D eigenvalue weighted by Gasteiger charge is -2.01. The van der Waals surface area contributed by atoms with E-state index in [1.165, 1.54) is 0 Å². The maximum absolute atomic E-state index is 12.7. The second kappa shape index (κ2) is 3.98. The third-order valence-electron chi connectivity index (χ3n) is 1.63. The smallest absolute Gasteiger partial charge is 0.187 e. The SMILES string of the molecule is O=CCCc1cc(F)c(O)c(F)c1. The van der Waals surface area contributed by atoms with Crippen molar-refractivity contribution in [2.24, 2.45) is 0 Å². The van der Waals surface area contributed by atoms with E-state index in [0.29, 0.717) is 11.8 Å². The molecule has 0 aromatic heterocycles. The maximum Gasteiger partial charge on any atom is 0.187 e. The van der Waals surface area contributed by atoms with Crippen molar-refractivity contribution < 1.29 is 18.7 Å². The highest BCUT2D eigenvalue weighted by Crippen LogP contribution is 2.21. The monoisotopic (exact) mass is 186 g/mol. The minimum atomic E-state index is -0.999. The van der Waals surface area contributed by atoms with Crippen molar-refractivity contribution in [2.75, 3.05) is 0 Å². The fraction of sp³-hybridized carbons (Fsp3) is 0.222. The van der Waals surface area contributed by atoms with Crippen LogP contribution in [0.5, 0.6) is 5.75 Å².